The number of benzene rings is 1. The van der Waals surface area contributed by atoms with E-state index in [-0.39, 0.29) is 5.92 Å². The zero-order chi connectivity index (χ0) is 24.1. The van der Waals surface area contributed by atoms with Crippen LogP contribution in [0.2, 0.25) is 0 Å². The van der Waals surface area contributed by atoms with Gasteiger partial charge in [0.25, 0.3) is 0 Å². The molecule has 0 aliphatic carbocycles. The van der Waals surface area contributed by atoms with Gasteiger partial charge in [-0.15, -0.1) is 0 Å². The van der Waals surface area contributed by atoms with Crippen LogP contribution in [0, 0.1) is 11.8 Å². The summed E-state index contributed by atoms with van der Waals surface area (Å²) in [5.74, 6) is 0.508. The molecule has 2 unspecified atom stereocenters. The molecule has 2 rings (SSSR count). The van der Waals surface area contributed by atoms with Crippen molar-refractivity contribution in [1.82, 2.24) is 9.47 Å². The molecule has 1 heterocycles. The number of aldehydes is 1. The molecule has 0 aliphatic heterocycles. The van der Waals surface area contributed by atoms with Crippen LogP contribution in [0.5, 0.6) is 0 Å². The van der Waals surface area contributed by atoms with Crippen molar-refractivity contribution < 1.29 is 19.4 Å². The highest BCUT2D eigenvalue weighted by Gasteiger charge is 2.35. The van der Waals surface area contributed by atoms with Gasteiger partial charge in [0.15, 0.2) is 0 Å². The van der Waals surface area contributed by atoms with E-state index < -0.39 is 17.7 Å². The number of aryl methyl sites for hydroxylation is 2. The van der Waals surface area contributed by atoms with Crippen molar-refractivity contribution in [3.8, 4) is 0 Å². The molecule has 178 valence electrons. The number of aromatic nitrogens is 1. The predicted molar refractivity (Wildman–Crippen MR) is 129 cm³/mol. The molecule has 1 aromatic carbocycles. The second-order valence-corrected chi connectivity index (χ2v) is 10.2. The van der Waals surface area contributed by atoms with Crippen LogP contribution in [0.3, 0.4) is 0 Å². The summed E-state index contributed by atoms with van der Waals surface area (Å²) in [4.78, 5) is 25.1. The fourth-order valence-corrected chi connectivity index (χ4v) is 4.61. The number of nitrogens with zero attached hydrogens (tertiary/aromatic N) is 2. The maximum atomic E-state index is 11.9. The average molecular weight is 445 g/mol. The van der Waals surface area contributed by atoms with Crippen molar-refractivity contribution in [3.05, 3.63) is 35.5 Å². The van der Waals surface area contributed by atoms with Crippen molar-refractivity contribution in [2.45, 2.75) is 71.9 Å². The van der Waals surface area contributed by atoms with Gasteiger partial charge in [-0.2, -0.15) is 0 Å². The largest absolute Gasteiger partial charge is 0.465 e. The normalized spacial score (nSPS) is 14.0. The minimum absolute atomic E-state index is 0.188. The van der Waals surface area contributed by atoms with Crippen LogP contribution in [-0.2, 0) is 29.4 Å². The maximum Gasteiger partial charge on any atom is 0.408 e. The molecule has 0 bridgehead atoms. The molecule has 1 aromatic heterocycles. The molecule has 2 atom stereocenters. The monoisotopic (exact) mass is 444 g/mol. The van der Waals surface area contributed by atoms with Crippen molar-refractivity contribution >= 4 is 23.3 Å². The molecule has 0 aliphatic rings. The number of carbonyl (C=O) groups excluding carboxylic acids is 1. The van der Waals surface area contributed by atoms with Gasteiger partial charge in [0.05, 0.1) is 6.04 Å². The number of hydrogen-bond acceptors (Lipinski definition) is 3. The lowest BCUT2D eigenvalue weighted by Crippen LogP contribution is -2.52. The molecule has 0 spiro atoms. The zero-order valence-electron chi connectivity index (χ0n) is 20.7. The number of methoxy groups -OCH3 is 1. The third-order valence-corrected chi connectivity index (χ3v) is 6.33. The van der Waals surface area contributed by atoms with Crippen LogP contribution in [0.4, 0.5) is 4.79 Å². The molecule has 0 saturated heterocycles. The van der Waals surface area contributed by atoms with Crippen molar-refractivity contribution in [3.63, 3.8) is 0 Å². The summed E-state index contributed by atoms with van der Waals surface area (Å²) in [5.41, 5.74) is 3.10. The number of ether oxygens (including phenoxy) is 1. The molecule has 2 aromatic rings. The van der Waals surface area contributed by atoms with Gasteiger partial charge >= 0.3 is 6.09 Å². The summed E-state index contributed by atoms with van der Waals surface area (Å²) in [6, 6.07) is 5.93. The molecule has 0 radical (unpaired) electrons. The van der Waals surface area contributed by atoms with Gasteiger partial charge in [-0.3, -0.25) is 4.90 Å². The predicted octanol–water partition coefficient (Wildman–Crippen LogP) is 5.31. The highest BCUT2D eigenvalue weighted by molar-refractivity contribution is 5.84. The molecule has 1 amide bonds. The Kier molecular flexibility index (Phi) is 8.90. The molecule has 6 nitrogen and oxygen atoms in total. The Balaban J connectivity index is 2.29. The Morgan fingerprint density at radius 3 is 2.50 bits per heavy atom. The molecule has 1 N–H and O–H groups in total. The SMILES string of the molecule is COCCCc1cn(C)c2ccc(CC(CC(C=O)N(C(=O)O)C(C)(C)C)C(C)C)cc12. The van der Waals surface area contributed by atoms with E-state index in [1.807, 2.05) is 20.8 Å². The Morgan fingerprint density at radius 2 is 1.97 bits per heavy atom. The molecular weight excluding hydrogens is 404 g/mol. The molecule has 6 heteroatoms. The van der Waals surface area contributed by atoms with Gasteiger partial charge in [0.1, 0.15) is 6.29 Å². The van der Waals surface area contributed by atoms with Gasteiger partial charge in [0.2, 0.25) is 0 Å². The smallest absolute Gasteiger partial charge is 0.408 e. The van der Waals surface area contributed by atoms with Gasteiger partial charge in [-0.1, -0.05) is 19.9 Å². The lowest BCUT2D eigenvalue weighted by molar-refractivity contribution is -0.114. The molecular formula is C26H40N2O4. The number of carbonyl (C=O) groups is 2. The Morgan fingerprint density at radius 1 is 1.28 bits per heavy atom. The first-order chi connectivity index (χ1) is 15.0. The second kappa shape index (κ2) is 11.0. The first-order valence-corrected chi connectivity index (χ1v) is 11.5. The fourth-order valence-electron chi connectivity index (χ4n) is 4.61. The van der Waals surface area contributed by atoms with Gasteiger partial charge < -0.3 is 19.2 Å². The van der Waals surface area contributed by atoms with Crippen LogP contribution in [0.25, 0.3) is 10.9 Å². The summed E-state index contributed by atoms with van der Waals surface area (Å²) in [6.07, 6.45) is 5.20. The number of carboxylic acid groups (broad SMARTS) is 1. The number of fused-ring (bicyclic) bond motifs is 1. The highest BCUT2D eigenvalue weighted by Crippen LogP contribution is 2.29. The van der Waals surface area contributed by atoms with E-state index in [1.54, 1.807) is 7.11 Å². The zero-order valence-corrected chi connectivity index (χ0v) is 20.7. The maximum absolute atomic E-state index is 11.9. The lowest BCUT2D eigenvalue weighted by atomic mass is 9.83. The highest BCUT2D eigenvalue weighted by atomic mass is 16.5. The van der Waals surface area contributed by atoms with Gasteiger partial charge in [-0.25, -0.2) is 4.79 Å². The van der Waals surface area contributed by atoms with Crippen LogP contribution in [0.1, 0.15) is 58.6 Å². The number of rotatable bonds is 11. The summed E-state index contributed by atoms with van der Waals surface area (Å²) in [5, 5.41) is 11.0. The van der Waals surface area contributed by atoms with Crippen molar-refractivity contribution in [1.29, 1.82) is 0 Å². The first kappa shape index (κ1) is 25.9. The molecule has 0 saturated carbocycles. The van der Waals surface area contributed by atoms with Crippen molar-refractivity contribution in [2.24, 2.45) is 18.9 Å². The third kappa shape index (κ3) is 6.35. The lowest BCUT2D eigenvalue weighted by Gasteiger charge is -2.39. The van der Waals surface area contributed by atoms with E-state index >= 15 is 0 Å². The van der Waals surface area contributed by atoms with Crippen LogP contribution in [-0.4, -0.2) is 52.3 Å². The third-order valence-electron chi connectivity index (χ3n) is 6.33. The molecule has 0 fully saturated rings. The number of amides is 1. The van der Waals surface area contributed by atoms with E-state index in [4.69, 9.17) is 4.74 Å². The van der Waals surface area contributed by atoms with E-state index in [9.17, 15) is 14.7 Å². The quantitative estimate of drug-likeness (QED) is 0.377. The minimum atomic E-state index is -1.05. The standard InChI is InChI=1S/C26H40N2O4/c1-18(2)21(15-22(17-29)28(25(30)31)26(3,4)5)13-19-10-11-24-23(14-19)20(16-27(24)6)9-8-12-32-7/h10-11,14,16-18,21-22H,8-9,12-13,15H2,1-7H3,(H,30,31). The molecule has 32 heavy (non-hydrogen) atoms. The van der Waals surface area contributed by atoms with E-state index in [1.165, 1.54) is 26.9 Å². The number of hydrogen-bond donors (Lipinski definition) is 1. The first-order valence-electron chi connectivity index (χ1n) is 11.5. The van der Waals surface area contributed by atoms with E-state index in [2.05, 4.69) is 49.9 Å². The van der Waals surface area contributed by atoms with E-state index in [0.29, 0.717) is 12.3 Å². The van der Waals surface area contributed by atoms with Crippen molar-refractivity contribution in [2.75, 3.05) is 13.7 Å². The van der Waals surface area contributed by atoms with Crippen LogP contribution >= 0.6 is 0 Å². The van der Waals surface area contributed by atoms with Crippen LogP contribution < -0.4 is 0 Å². The topological polar surface area (TPSA) is 71.8 Å². The van der Waals surface area contributed by atoms with Crippen LogP contribution in [0.15, 0.2) is 24.4 Å². The Labute approximate surface area is 192 Å². The Bertz CT molecular complexity index is 910. The average Bonchev–Trinajstić information content (AvgIpc) is 3.00. The summed E-state index contributed by atoms with van der Waals surface area (Å²) < 4.78 is 7.38. The summed E-state index contributed by atoms with van der Waals surface area (Å²) in [6.45, 7) is 10.5. The minimum Gasteiger partial charge on any atom is -0.465 e. The summed E-state index contributed by atoms with van der Waals surface area (Å²) in [7, 11) is 3.80. The second-order valence-electron chi connectivity index (χ2n) is 10.2. The Hall–Kier alpha value is -2.34. The summed E-state index contributed by atoms with van der Waals surface area (Å²) >= 11 is 0. The van der Waals surface area contributed by atoms with Gasteiger partial charge in [0, 0.05) is 43.4 Å². The van der Waals surface area contributed by atoms with Gasteiger partial charge in [-0.05, 0) is 81.5 Å². The fraction of sp³-hybridized carbons (Fsp3) is 0.615. The van der Waals surface area contributed by atoms with E-state index in [0.717, 1.165) is 32.2 Å².